The van der Waals surface area contributed by atoms with E-state index in [1.165, 1.54) is 9.13 Å². The van der Waals surface area contributed by atoms with Crippen molar-refractivity contribution in [1.29, 1.82) is 0 Å². The van der Waals surface area contributed by atoms with Gasteiger partial charge >= 0.3 is 5.69 Å². The van der Waals surface area contributed by atoms with Crippen LogP contribution in [0, 0.1) is 0 Å². The third kappa shape index (κ3) is 2.60. The van der Waals surface area contributed by atoms with Crippen LogP contribution in [0.3, 0.4) is 0 Å². The second kappa shape index (κ2) is 6.11. The lowest BCUT2D eigenvalue weighted by atomic mass is 10.2. The molecule has 4 aromatic rings. The average Bonchev–Trinajstić information content (AvgIpc) is 3.19. The Morgan fingerprint density at radius 3 is 2.67 bits per heavy atom. The van der Waals surface area contributed by atoms with Crippen LogP contribution in [0.5, 0.6) is 0 Å². The molecule has 140 valence electrons. The van der Waals surface area contributed by atoms with Gasteiger partial charge in [0.15, 0.2) is 11.2 Å². The summed E-state index contributed by atoms with van der Waals surface area (Å²) in [5, 5.41) is 1.46. The number of aromatic nitrogens is 5. The first-order valence-corrected chi connectivity index (χ1v) is 8.85. The molecule has 9 heteroatoms. The standard InChI is InChI=1S/C18H19ClN6O2/c1-9(20)15-22-16-14(23(15)2)17(26)25(18(27)24(16)3)8-10-7-11-12(19)5-4-6-13(11)21-10/h4-7,9,21H,8,20H2,1-3H3/t9-/m0/s1. The summed E-state index contributed by atoms with van der Waals surface area (Å²) in [5.41, 5.74) is 7.34. The van der Waals surface area contributed by atoms with Gasteiger partial charge in [-0.25, -0.2) is 9.78 Å². The highest BCUT2D eigenvalue weighted by molar-refractivity contribution is 6.35. The second-order valence-electron chi connectivity index (χ2n) is 6.72. The number of imidazole rings is 1. The molecule has 8 nitrogen and oxygen atoms in total. The van der Waals surface area contributed by atoms with Crippen LogP contribution in [0.25, 0.3) is 22.1 Å². The fourth-order valence-electron chi connectivity index (χ4n) is 3.44. The quantitative estimate of drug-likeness (QED) is 0.558. The number of rotatable bonds is 3. The van der Waals surface area contributed by atoms with Gasteiger partial charge in [-0.05, 0) is 25.1 Å². The molecular weight excluding hydrogens is 368 g/mol. The summed E-state index contributed by atoms with van der Waals surface area (Å²) in [7, 11) is 3.33. The van der Waals surface area contributed by atoms with Crippen LogP contribution in [-0.2, 0) is 20.6 Å². The van der Waals surface area contributed by atoms with Gasteiger partial charge in [0, 0.05) is 35.7 Å². The van der Waals surface area contributed by atoms with Crippen LogP contribution >= 0.6 is 11.6 Å². The Kier molecular flexibility index (Phi) is 3.97. The van der Waals surface area contributed by atoms with Crippen molar-refractivity contribution in [2.45, 2.75) is 19.5 Å². The van der Waals surface area contributed by atoms with E-state index in [9.17, 15) is 9.59 Å². The summed E-state index contributed by atoms with van der Waals surface area (Å²) in [6.45, 7) is 1.89. The predicted octanol–water partition coefficient (Wildman–Crippen LogP) is 1.64. The van der Waals surface area contributed by atoms with E-state index >= 15 is 0 Å². The number of nitrogens with one attached hydrogen (secondary N) is 1. The Bertz CT molecular complexity index is 1310. The molecule has 0 aliphatic carbocycles. The highest BCUT2D eigenvalue weighted by Gasteiger charge is 2.20. The molecule has 0 saturated carbocycles. The van der Waals surface area contributed by atoms with Crippen LogP contribution < -0.4 is 17.0 Å². The highest BCUT2D eigenvalue weighted by Crippen LogP contribution is 2.24. The first-order valence-electron chi connectivity index (χ1n) is 8.47. The number of nitrogens with zero attached hydrogens (tertiary/aromatic N) is 4. The molecule has 3 N–H and O–H groups in total. The summed E-state index contributed by atoms with van der Waals surface area (Å²) >= 11 is 6.21. The van der Waals surface area contributed by atoms with E-state index in [1.54, 1.807) is 31.7 Å². The molecule has 0 fully saturated rings. The van der Waals surface area contributed by atoms with Crippen molar-refractivity contribution in [3.8, 4) is 0 Å². The van der Waals surface area contributed by atoms with Crippen LogP contribution in [-0.4, -0.2) is 23.7 Å². The van der Waals surface area contributed by atoms with Crippen LogP contribution in [0.2, 0.25) is 5.02 Å². The van der Waals surface area contributed by atoms with Crippen LogP contribution in [0.4, 0.5) is 0 Å². The number of aryl methyl sites for hydroxylation is 2. The summed E-state index contributed by atoms with van der Waals surface area (Å²) in [4.78, 5) is 33.4. The number of halogens is 1. The number of aromatic amines is 1. The first-order chi connectivity index (χ1) is 12.8. The Hall–Kier alpha value is -2.84. The third-order valence-corrected chi connectivity index (χ3v) is 5.13. The molecule has 3 heterocycles. The number of nitrogens with two attached hydrogens (primary N) is 1. The van der Waals surface area contributed by atoms with Gasteiger partial charge in [0.25, 0.3) is 5.56 Å². The van der Waals surface area contributed by atoms with Gasteiger partial charge < -0.3 is 15.3 Å². The molecule has 0 saturated heterocycles. The number of fused-ring (bicyclic) bond motifs is 2. The lowest BCUT2D eigenvalue weighted by Gasteiger charge is -2.08. The van der Waals surface area contributed by atoms with E-state index in [2.05, 4.69) is 9.97 Å². The normalized spacial score (nSPS) is 12.9. The van der Waals surface area contributed by atoms with E-state index in [1.807, 2.05) is 18.2 Å². The SMILES string of the molecule is C[C@H](N)c1nc2c(c(=O)n(Cc3cc4c(Cl)cccc4[nH]3)c(=O)n2C)n1C. The molecule has 0 amide bonds. The molecule has 0 spiro atoms. The molecule has 0 radical (unpaired) electrons. The number of hydrogen-bond acceptors (Lipinski definition) is 4. The number of benzene rings is 1. The number of H-pyrrole nitrogens is 1. The maximum atomic E-state index is 13.1. The van der Waals surface area contributed by atoms with Gasteiger partial charge in [-0.2, -0.15) is 0 Å². The fourth-order valence-corrected chi connectivity index (χ4v) is 3.67. The Morgan fingerprint density at radius 2 is 2.00 bits per heavy atom. The van der Waals surface area contributed by atoms with Gasteiger partial charge in [-0.1, -0.05) is 17.7 Å². The topological polar surface area (TPSA) is 104 Å². The van der Waals surface area contributed by atoms with Crippen molar-refractivity contribution < 1.29 is 0 Å². The maximum absolute atomic E-state index is 13.1. The Balaban J connectivity index is 1.93. The van der Waals surface area contributed by atoms with Crippen molar-refractivity contribution in [3.63, 3.8) is 0 Å². The van der Waals surface area contributed by atoms with Gasteiger partial charge in [0.05, 0.1) is 12.6 Å². The van der Waals surface area contributed by atoms with E-state index in [0.29, 0.717) is 27.7 Å². The molecule has 4 rings (SSSR count). The summed E-state index contributed by atoms with van der Waals surface area (Å²) in [5.74, 6) is 0.548. The minimum absolute atomic E-state index is 0.102. The Morgan fingerprint density at radius 1 is 1.26 bits per heavy atom. The minimum atomic E-state index is -0.438. The third-order valence-electron chi connectivity index (χ3n) is 4.80. The lowest BCUT2D eigenvalue weighted by Crippen LogP contribution is -2.39. The lowest BCUT2D eigenvalue weighted by molar-refractivity contribution is 0.647. The van der Waals surface area contributed by atoms with Crippen LogP contribution in [0.1, 0.15) is 24.5 Å². The van der Waals surface area contributed by atoms with E-state index in [4.69, 9.17) is 17.3 Å². The predicted molar refractivity (Wildman–Crippen MR) is 105 cm³/mol. The molecule has 27 heavy (non-hydrogen) atoms. The maximum Gasteiger partial charge on any atom is 0.332 e. The summed E-state index contributed by atoms with van der Waals surface area (Å²) in [6.07, 6.45) is 0. The van der Waals surface area contributed by atoms with Crippen molar-refractivity contribution in [1.82, 2.24) is 23.7 Å². The molecule has 0 aliphatic rings. The van der Waals surface area contributed by atoms with Crippen molar-refractivity contribution in [2.24, 2.45) is 19.8 Å². The molecule has 1 aromatic carbocycles. The minimum Gasteiger partial charge on any atom is -0.357 e. The van der Waals surface area contributed by atoms with Crippen molar-refractivity contribution in [2.75, 3.05) is 0 Å². The first kappa shape index (κ1) is 17.6. The number of hydrogen-bond donors (Lipinski definition) is 2. The van der Waals surface area contributed by atoms with Gasteiger partial charge in [0.2, 0.25) is 0 Å². The molecular formula is C18H19ClN6O2. The van der Waals surface area contributed by atoms with E-state index in [0.717, 1.165) is 10.9 Å². The molecule has 0 bridgehead atoms. The smallest absolute Gasteiger partial charge is 0.332 e. The molecule has 1 atom stereocenters. The van der Waals surface area contributed by atoms with Gasteiger partial charge in [-0.3, -0.25) is 13.9 Å². The van der Waals surface area contributed by atoms with Crippen LogP contribution in [0.15, 0.2) is 33.9 Å². The van der Waals surface area contributed by atoms with Gasteiger partial charge in [-0.15, -0.1) is 0 Å². The zero-order valence-electron chi connectivity index (χ0n) is 15.2. The van der Waals surface area contributed by atoms with Crippen molar-refractivity contribution in [3.05, 3.63) is 61.6 Å². The molecule has 3 aromatic heterocycles. The average molecular weight is 387 g/mol. The zero-order valence-corrected chi connectivity index (χ0v) is 15.9. The molecule has 0 aliphatic heterocycles. The monoisotopic (exact) mass is 386 g/mol. The van der Waals surface area contributed by atoms with Gasteiger partial charge in [0.1, 0.15) is 5.82 Å². The van der Waals surface area contributed by atoms with E-state index in [-0.39, 0.29) is 12.6 Å². The zero-order chi connectivity index (χ0) is 19.5. The Labute approximate surface area is 158 Å². The summed E-state index contributed by atoms with van der Waals surface area (Å²) < 4.78 is 4.21. The fraction of sp³-hybridized carbons (Fsp3) is 0.278. The van der Waals surface area contributed by atoms with E-state index < -0.39 is 11.2 Å². The molecule has 0 unspecified atom stereocenters. The highest BCUT2D eigenvalue weighted by atomic mass is 35.5. The largest absolute Gasteiger partial charge is 0.357 e. The van der Waals surface area contributed by atoms with Crippen molar-refractivity contribution >= 4 is 33.7 Å². The second-order valence-corrected chi connectivity index (χ2v) is 7.13. The summed E-state index contributed by atoms with van der Waals surface area (Å²) in [6, 6.07) is 7.02.